The summed E-state index contributed by atoms with van der Waals surface area (Å²) in [7, 11) is 0. The Bertz CT molecular complexity index is 1060. The molecular weight excluding hydrogens is 435 g/mol. The second-order valence-corrected chi connectivity index (χ2v) is 8.10. The molecule has 1 unspecified atom stereocenters. The SMILES string of the molecule is N#CC[C@@H](C1CC1)n1nc(Nc2ccc(C(O)C(F)(F)F)c(Cl)c2)c2c1CCNC2=O. The molecule has 1 aromatic carbocycles. The lowest BCUT2D eigenvalue weighted by molar-refractivity contribution is -0.206. The van der Waals surface area contributed by atoms with Crippen molar-refractivity contribution >= 4 is 29.0 Å². The molecule has 7 nitrogen and oxygen atoms in total. The smallest absolute Gasteiger partial charge is 0.379 e. The van der Waals surface area contributed by atoms with Gasteiger partial charge in [0.2, 0.25) is 0 Å². The average Bonchev–Trinajstić information content (AvgIpc) is 3.48. The van der Waals surface area contributed by atoms with Crippen molar-refractivity contribution in [3.05, 3.63) is 40.0 Å². The quantitative estimate of drug-likeness (QED) is 0.613. The number of carbonyl (C=O) groups is 1. The van der Waals surface area contributed by atoms with Crippen molar-refractivity contribution in [2.45, 2.75) is 44.0 Å². The van der Waals surface area contributed by atoms with Crippen LogP contribution >= 0.6 is 11.6 Å². The molecule has 2 atom stereocenters. The molecule has 1 saturated carbocycles. The Morgan fingerprint density at radius 3 is 2.77 bits per heavy atom. The van der Waals surface area contributed by atoms with Crippen molar-refractivity contribution in [3.63, 3.8) is 0 Å². The van der Waals surface area contributed by atoms with Crippen molar-refractivity contribution in [1.82, 2.24) is 15.1 Å². The Kier molecular flexibility index (Phi) is 5.58. The van der Waals surface area contributed by atoms with Gasteiger partial charge in [-0.25, -0.2) is 0 Å². The van der Waals surface area contributed by atoms with Crippen LogP contribution in [0.5, 0.6) is 0 Å². The molecule has 0 bridgehead atoms. The van der Waals surface area contributed by atoms with Crippen LogP contribution < -0.4 is 10.6 Å². The number of aliphatic hydroxyl groups excluding tert-OH is 1. The van der Waals surface area contributed by atoms with Crippen LogP contribution in [0.4, 0.5) is 24.7 Å². The number of hydrogen-bond donors (Lipinski definition) is 3. The fourth-order valence-corrected chi connectivity index (χ4v) is 4.14. The Hall–Kier alpha value is -2.77. The third-order valence-corrected chi connectivity index (χ3v) is 5.86. The number of amides is 1. The first-order valence-corrected chi connectivity index (χ1v) is 10.2. The molecule has 11 heteroatoms. The number of benzene rings is 1. The van der Waals surface area contributed by atoms with Crippen LogP contribution in [0, 0.1) is 17.2 Å². The number of nitrogens with zero attached hydrogens (tertiary/aromatic N) is 3. The first-order chi connectivity index (χ1) is 14.7. The molecule has 3 N–H and O–H groups in total. The molecule has 31 heavy (non-hydrogen) atoms. The van der Waals surface area contributed by atoms with Crippen molar-refractivity contribution in [3.8, 4) is 6.07 Å². The van der Waals surface area contributed by atoms with Gasteiger partial charge in [0.25, 0.3) is 5.91 Å². The number of nitriles is 1. The van der Waals surface area contributed by atoms with E-state index in [0.717, 1.165) is 24.6 Å². The van der Waals surface area contributed by atoms with Gasteiger partial charge in [0.1, 0.15) is 5.56 Å². The molecule has 1 amide bonds. The second-order valence-electron chi connectivity index (χ2n) is 7.69. The van der Waals surface area contributed by atoms with Crippen LogP contribution in [0.15, 0.2) is 18.2 Å². The third-order valence-electron chi connectivity index (χ3n) is 5.53. The van der Waals surface area contributed by atoms with Gasteiger partial charge >= 0.3 is 6.18 Å². The molecule has 0 spiro atoms. The minimum Gasteiger partial charge on any atom is -0.379 e. The molecule has 1 aliphatic heterocycles. The van der Waals surface area contributed by atoms with E-state index >= 15 is 0 Å². The van der Waals surface area contributed by atoms with Crippen LogP contribution in [0.25, 0.3) is 0 Å². The van der Waals surface area contributed by atoms with Crippen LogP contribution in [0.3, 0.4) is 0 Å². The van der Waals surface area contributed by atoms with E-state index in [1.807, 2.05) is 0 Å². The van der Waals surface area contributed by atoms with Crippen LogP contribution in [-0.4, -0.2) is 33.5 Å². The van der Waals surface area contributed by atoms with Crippen LogP contribution in [-0.2, 0) is 6.42 Å². The lowest BCUT2D eigenvalue weighted by Crippen LogP contribution is -2.33. The third kappa shape index (κ3) is 4.20. The molecule has 2 aromatic rings. The molecule has 0 radical (unpaired) electrons. The highest BCUT2D eigenvalue weighted by molar-refractivity contribution is 6.31. The molecule has 2 heterocycles. The number of rotatable bonds is 6. The van der Waals surface area contributed by atoms with E-state index in [1.165, 1.54) is 12.1 Å². The summed E-state index contributed by atoms with van der Waals surface area (Å²) < 4.78 is 40.2. The summed E-state index contributed by atoms with van der Waals surface area (Å²) in [4.78, 5) is 12.5. The van der Waals surface area contributed by atoms with Gasteiger partial charge in [-0.1, -0.05) is 17.7 Å². The summed E-state index contributed by atoms with van der Waals surface area (Å²) in [5.74, 6) is 0.270. The number of nitrogens with one attached hydrogen (secondary N) is 2. The Morgan fingerprint density at radius 2 is 2.16 bits per heavy atom. The summed E-state index contributed by atoms with van der Waals surface area (Å²) in [5.41, 5.74) is 0.934. The minimum atomic E-state index is -4.84. The number of alkyl halides is 3. The largest absolute Gasteiger partial charge is 0.418 e. The molecule has 1 aliphatic carbocycles. The van der Waals surface area contributed by atoms with E-state index in [1.54, 1.807) is 4.68 Å². The van der Waals surface area contributed by atoms with Crippen molar-refractivity contribution in [2.24, 2.45) is 5.92 Å². The van der Waals surface area contributed by atoms with Gasteiger partial charge in [0, 0.05) is 29.2 Å². The number of carbonyl (C=O) groups excluding carboxylic acids is 1. The van der Waals surface area contributed by atoms with Crippen molar-refractivity contribution < 1.29 is 23.1 Å². The maximum Gasteiger partial charge on any atom is 0.418 e. The predicted molar refractivity (Wildman–Crippen MR) is 106 cm³/mol. The van der Waals surface area contributed by atoms with Gasteiger partial charge in [0.05, 0.1) is 24.2 Å². The molecule has 164 valence electrons. The monoisotopic (exact) mass is 453 g/mol. The van der Waals surface area contributed by atoms with Gasteiger partial charge in [0.15, 0.2) is 11.9 Å². The lowest BCUT2D eigenvalue weighted by Gasteiger charge is -2.20. The highest BCUT2D eigenvalue weighted by atomic mass is 35.5. The lowest BCUT2D eigenvalue weighted by atomic mass is 10.1. The maximum atomic E-state index is 12.8. The van der Waals surface area contributed by atoms with E-state index in [9.17, 15) is 28.3 Å². The average molecular weight is 454 g/mol. The summed E-state index contributed by atoms with van der Waals surface area (Å²) in [6.07, 6.45) is -4.72. The summed E-state index contributed by atoms with van der Waals surface area (Å²) >= 11 is 5.97. The van der Waals surface area contributed by atoms with Gasteiger partial charge in [-0.3, -0.25) is 9.48 Å². The van der Waals surface area contributed by atoms with Crippen molar-refractivity contribution in [2.75, 3.05) is 11.9 Å². The first kappa shape index (κ1) is 21.5. The fraction of sp³-hybridized carbons (Fsp3) is 0.450. The van der Waals surface area contributed by atoms with Gasteiger partial charge in [-0.2, -0.15) is 23.5 Å². The maximum absolute atomic E-state index is 12.8. The summed E-state index contributed by atoms with van der Waals surface area (Å²) in [5, 5.41) is 28.7. The van der Waals surface area contributed by atoms with E-state index in [0.29, 0.717) is 30.1 Å². The first-order valence-electron chi connectivity index (χ1n) is 9.78. The standard InChI is InChI=1S/C20H19ClF3N5O2/c21-13-9-11(3-4-12(13)17(30)20(22,23)24)27-18-16-15(6-8-26-19(16)31)29(28-18)14(5-7-25)10-1-2-10/h3-4,9-10,14,17,30H,1-2,5-6,8H2,(H,26,31)(H,27,28)/t14-,17?/m0/s1. The zero-order valence-electron chi connectivity index (χ0n) is 16.2. The van der Waals surface area contributed by atoms with Gasteiger partial charge in [-0.15, -0.1) is 0 Å². The van der Waals surface area contributed by atoms with Crippen molar-refractivity contribution in [1.29, 1.82) is 5.26 Å². The zero-order valence-corrected chi connectivity index (χ0v) is 17.0. The highest BCUT2D eigenvalue weighted by Crippen LogP contribution is 2.43. The van der Waals surface area contributed by atoms with Crippen LogP contribution in [0.2, 0.25) is 5.02 Å². The van der Waals surface area contributed by atoms with E-state index < -0.39 is 17.8 Å². The topological polar surface area (TPSA) is 103 Å². The molecule has 2 aliphatic rings. The molecule has 0 saturated heterocycles. The number of anilines is 2. The Balaban J connectivity index is 1.68. The second kappa shape index (κ2) is 8.05. The fourth-order valence-electron chi connectivity index (χ4n) is 3.86. The molecule has 1 aromatic heterocycles. The Morgan fingerprint density at radius 1 is 1.42 bits per heavy atom. The molecule has 1 fully saturated rings. The minimum absolute atomic E-state index is 0.131. The van der Waals surface area contributed by atoms with E-state index in [-0.39, 0.29) is 29.2 Å². The number of hydrogen-bond acceptors (Lipinski definition) is 5. The predicted octanol–water partition coefficient (Wildman–Crippen LogP) is 4.03. The Labute approximate surface area is 180 Å². The molecular formula is C20H19ClF3N5O2. The van der Waals surface area contributed by atoms with Gasteiger partial charge < -0.3 is 15.7 Å². The highest BCUT2D eigenvalue weighted by Gasteiger charge is 2.41. The zero-order chi connectivity index (χ0) is 22.3. The number of fused-ring (bicyclic) bond motifs is 1. The number of aliphatic hydroxyl groups is 1. The summed E-state index contributed by atoms with van der Waals surface area (Å²) in [6, 6.07) is 5.70. The van der Waals surface area contributed by atoms with Gasteiger partial charge in [-0.05, 0) is 30.9 Å². The number of aromatic nitrogens is 2. The normalized spacial score (nSPS) is 18.0. The molecule has 4 rings (SSSR count). The van der Waals surface area contributed by atoms with E-state index in [2.05, 4.69) is 21.8 Å². The number of halogens is 4. The summed E-state index contributed by atoms with van der Waals surface area (Å²) in [6.45, 7) is 0.455. The van der Waals surface area contributed by atoms with Crippen LogP contribution in [0.1, 0.15) is 53.0 Å². The van der Waals surface area contributed by atoms with E-state index in [4.69, 9.17) is 11.6 Å².